The number of esters is 1. The van der Waals surface area contributed by atoms with E-state index >= 15 is 0 Å². The summed E-state index contributed by atoms with van der Waals surface area (Å²) in [4.78, 5) is 36.1. The Morgan fingerprint density at radius 2 is 2.19 bits per heavy atom. The Kier molecular flexibility index (Phi) is 5.18. The molecule has 0 saturated carbocycles. The van der Waals surface area contributed by atoms with Gasteiger partial charge in [0.05, 0.1) is 7.57 Å². The molecule has 0 bridgehead atoms. The zero-order valence-electron chi connectivity index (χ0n) is 14.8. The molecule has 1 aromatic rings. The quantitative estimate of drug-likeness (QED) is 0.432. The van der Waals surface area contributed by atoms with Gasteiger partial charge in [0.15, 0.2) is 12.8 Å². The third-order valence-electron chi connectivity index (χ3n) is 3.81. The predicted octanol–water partition coefficient (Wildman–Crippen LogP) is -1.88. The number of nitrogens with zero attached hydrogens (tertiary/aromatic N) is 1. The largest absolute Gasteiger partial charge is 0.458 e. The van der Waals surface area contributed by atoms with Gasteiger partial charge in [-0.05, 0) is 5.92 Å². The molecule has 146 valence electrons. The molecule has 10 nitrogen and oxygen atoms in total. The first-order valence-corrected chi connectivity index (χ1v) is 7.53. The van der Waals surface area contributed by atoms with E-state index in [1.807, 2.05) is 0 Å². The Morgan fingerprint density at radius 1 is 1.58 bits per heavy atom. The normalized spacial score (nSPS) is 33.2. The number of rotatable bonds is 5. The molecule has 0 radical (unpaired) electrons. The number of aliphatic hydroxyl groups is 2. The van der Waals surface area contributed by atoms with Crippen LogP contribution in [0.2, 0.25) is 0 Å². The maximum Gasteiger partial charge on any atom is 0.330 e. The summed E-state index contributed by atoms with van der Waals surface area (Å²) >= 11 is 0. The first-order chi connectivity index (χ1) is 12.3. The number of nitrogens with one attached hydrogen (secondary N) is 1. The van der Waals surface area contributed by atoms with Crippen molar-refractivity contribution in [2.75, 3.05) is 6.61 Å². The van der Waals surface area contributed by atoms with Crippen LogP contribution >= 0.6 is 0 Å². The van der Waals surface area contributed by atoms with Gasteiger partial charge in [-0.3, -0.25) is 19.1 Å². The topological polar surface area (TPSA) is 157 Å². The SMILES string of the molecule is [2H][C@@]1(n2cc(F)c(=O)[nH]c2=O)O[C@](F)(COC(=O)[C@@H](N)C(C)C)[C@@H](O)[C@H]1O. The van der Waals surface area contributed by atoms with E-state index in [-0.39, 0.29) is 16.7 Å². The maximum atomic E-state index is 14.9. The minimum Gasteiger partial charge on any atom is -0.458 e. The monoisotopic (exact) mass is 380 g/mol. The van der Waals surface area contributed by atoms with Crippen LogP contribution in [-0.4, -0.2) is 56.4 Å². The van der Waals surface area contributed by atoms with E-state index in [4.69, 9.17) is 7.10 Å². The lowest BCUT2D eigenvalue weighted by atomic mass is 10.1. The predicted molar refractivity (Wildman–Crippen MR) is 81.0 cm³/mol. The second kappa shape index (κ2) is 7.23. The molecule has 2 rings (SSSR count). The van der Waals surface area contributed by atoms with Crippen LogP contribution < -0.4 is 17.0 Å². The number of hydrogen-bond donors (Lipinski definition) is 4. The van der Waals surface area contributed by atoms with Gasteiger partial charge in [-0.25, -0.2) is 9.18 Å². The molecule has 0 aromatic carbocycles. The number of H-pyrrole nitrogens is 1. The van der Waals surface area contributed by atoms with Crippen molar-refractivity contribution in [2.24, 2.45) is 11.7 Å². The van der Waals surface area contributed by atoms with Gasteiger partial charge in [0.2, 0.25) is 5.82 Å². The smallest absolute Gasteiger partial charge is 0.330 e. The van der Waals surface area contributed by atoms with Crippen LogP contribution in [0.1, 0.15) is 21.4 Å². The highest BCUT2D eigenvalue weighted by Crippen LogP contribution is 2.38. The van der Waals surface area contributed by atoms with E-state index in [0.29, 0.717) is 0 Å². The Labute approximate surface area is 146 Å². The molecule has 1 aliphatic heterocycles. The molecule has 1 aromatic heterocycles. The van der Waals surface area contributed by atoms with Crippen LogP contribution in [0.5, 0.6) is 0 Å². The number of aliphatic hydroxyl groups excluding tert-OH is 2. The molecule has 1 saturated heterocycles. The standard InChI is InChI=1S/C14H19F2N3O7/c1-5(2)7(17)12(23)25-4-14(16)9(21)8(20)11(26-14)19-3-6(15)10(22)18-13(19)24/h3,5,7-9,11,20-21H,4,17H2,1-2H3,(H,18,22,24)/t7-,8+,9-,11+,14+/m0/s1/i11D. The molecule has 1 fully saturated rings. The molecule has 12 heteroatoms. The minimum absolute atomic E-state index is 0.0562. The average Bonchev–Trinajstić information content (AvgIpc) is 2.76. The summed E-state index contributed by atoms with van der Waals surface area (Å²) in [5.74, 6) is -6.19. The Morgan fingerprint density at radius 3 is 2.77 bits per heavy atom. The lowest BCUT2D eigenvalue weighted by molar-refractivity contribution is -0.217. The molecule has 26 heavy (non-hydrogen) atoms. The first kappa shape index (κ1) is 18.6. The summed E-state index contributed by atoms with van der Waals surface area (Å²) in [6.07, 6.45) is -7.68. The Hall–Kier alpha value is -2.15. The number of halogens is 2. The summed E-state index contributed by atoms with van der Waals surface area (Å²) < 4.78 is 45.7. The highest BCUT2D eigenvalue weighted by molar-refractivity contribution is 5.75. The fourth-order valence-corrected chi connectivity index (χ4v) is 2.12. The number of alkyl halides is 1. The molecule has 2 heterocycles. The zero-order chi connectivity index (χ0) is 20.7. The molecule has 0 aliphatic carbocycles. The number of hydrogen-bond acceptors (Lipinski definition) is 8. The minimum atomic E-state index is -3.31. The second-order valence-electron chi connectivity index (χ2n) is 6.10. The highest BCUT2D eigenvalue weighted by Gasteiger charge is 2.57. The summed E-state index contributed by atoms with van der Waals surface area (Å²) in [5.41, 5.74) is 2.73. The van der Waals surface area contributed by atoms with Gasteiger partial charge < -0.3 is 25.4 Å². The number of carbonyl (C=O) groups excluding carboxylic acids is 1. The molecule has 1 aliphatic rings. The Bertz CT molecular complexity index is 847. The third-order valence-corrected chi connectivity index (χ3v) is 3.81. The van der Waals surface area contributed by atoms with Crippen molar-refractivity contribution in [1.82, 2.24) is 9.55 Å². The molecule has 0 unspecified atom stereocenters. The number of aromatic nitrogens is 2. The van der Waals surface area contributed by atoms with Crippen LogP contribution in [0.4, 0.5) is 8.78 Å². The molecule has 5 N–H and O–H groups in total. The molecule has 5 atom stereocenters. The van der Waals surface area contributed by atoms with Gasteiger partial charge in [-0.2, -0.15) is 4.39 Å². The number of carbonyl (C=O) groups is 1. The van der Waals surface area contributed by atoms with Crippen molar-refractivity contribution < 1.29 is 34.6 Å². The second-order valence-corrected chi connectivity index (χ2v) is 6.10. The highest BCUT2D eigenvalue weighted by atomic mass is 19.2. The number of ether oxygens (including phenoxy) is 2. The summed E-state index contributed by atoms with van der Waals surface area (Å²) in [5, 5.41) is 19.9. The van der Waals surface area contributed by atoms with Crippen molar-refractivity contribution in [3.8, 4) is 0 Å². The van der Waals surface area contributed by atoms with Gasteiger partial charge >= 0.3 is 11.7 Å². The number of nitrogens with two attached hydrogens (primary N) is 1. The molecule has 0 spiro atoms. The number of aromatic amines is 1. The van der Waals surface area contributed by atoms with Crippen LogP contribution in [0, 0.1) is 11.7 Å². The fourth-order valence-electron chi connectivity index (χ4n) is 2.12. The third kappa shape index (κ3) is 3.67. The average molecular weight is 380 g/mol. The molecular weight excluding hydrogens is 360 g/mol. The molecular formula is C14H19F2N3O7. The van der Waals surface area contributed by atoms with Gasteiger partial charge in [-0.1, -0.05) is 13.8 Å². The zero-order valence-corrected chi connectivity index (χ0v) is 13.8. The van der Waals surface area contributed by atoms with E-state index in [9.17, 15) is 33.4 Å². The Balaban J connectivity index is 2.31. The van der Waals surface area contributed by atoms with Crippen molar-refractivity contribution in [3.05, 3.63) is 32.9 Å². The van der Waals surface area contributed by atoms with Gasteiger partial charge in [0.25, 0.3) is 11.4 Å². The van der Waals surface area contributed by atoms with E-state index < -0.39 is 60.0 Å². The van der Waals surface area contributed by atoms with Crippen molar-refractivity contribution in [2.45, 2.75) is 44.2 Å². The summed E-state index contributed by atoms with van der Waals surface area (Å²) in [7, 11) is 0. The van der Waals surface area contributed by atoms with Crippen molar-refractivity contribution in [1.29, 1.82) is 0 Å². The maximum absolute atomic E-state index is 14.9. The fraction of sp³-hybridized carbons (Fsp3) is 0.643. The van der Waals surface area contributed by atoms with Gasteiger partial charge in [-0.15, -0.1) is 0 Å². The van der Waals surface area contributed by atoms with Crippen molar-refractivity contribution in [3.63, 3.8) is 0 Å². The van der Waals surface area contributed by atoms with E-state index in [0.717, 1.165) is 0 Å². The lowest BCUT2D eigenvalue weighted by Crippen LogP contribution is -2.46. The van der Waals surface area contributed by atoms with E-state index in [2.05, 4.69) is 9.47 Å². The summed E-state index contributed by atoms with van der Waals surface area (Å²) in [6.45, 7) is 1.95. The van der Waals surface area contributed by atoms with E-state index in [1.54, 1.807) is 13.8 Å². The molecule has 0 amide bonds. The van der Waals surface area contributed by atoms with Crippen LogP contribution in [0.15, 0.2) is 15.8 Å². The first-order valence-electron chi connectivity index (χ1n) is 8.03. The van der Waals surface area contributed by atoms with E-state index in [1.165, 1.54) is 4.98 Å². The van der Waals surface area contributed by atoms with Gasteiger partial charge in [0, 0.05) is 0 Å². The van der Waals surface area contributed by atoms with Crippen LogP contribution in [-0.2, 0) is 14.3 Å². The van der Waals surface area contributed by atoms with Crippen LogP contribution in [0.3, 0.4) is 0 Å². The summed E-state index contributed by atoms with van der Waals surface area (Å²) in [6, 6.07) is -1.10. The lowest BCUT2D eigenvalue weighted by Gasteiger charge is -2.24. The van der Waals surface area contributed by atoms with Gasteiger partial charge in [0.1, 0.15) is 18.2 Å². The van der Waals surface area contributed by atoms with Crippen molar-refractivity contribution >= 4 is 5.97 Å². The van der Waals surface area contributed by atoms with Crippen LogP contribution in [0.25, 0.3) is 0 Å².